The quantitative estimate of drug-likeness (QED) is 0.697. The molecule has 0 saturated heterocycles. The van der Waals surface area contributed by atoms with Gasteiger partial charge < -0.3 is 0 Å². The van der Waals surface area contributed by atoms with Crippen LogP contribution < -0.4 is 5.43 Å². The number of thiophene rings is 1. The zero-order valence-electron chi connectivity index (χ0n) is 8.50. The number of halogens is 1. The lowest BCUT2D eigenvalue weighted by Crippen LogP contribution is -2.19. The first-order chi connectivity index (χ1) is 8.27. The third-order valence-corrected chi connectivity index (χ3v) is 3.56. The van der Waals surface area contributed by atoms with Gasteiger partial charge in [0, 0.05) is 33.2 Å². The van der Waals surface area contributed by atoms with Crippen LogP contribution in [0, 0.1) is 0 Å². The fraction of sp³-hybridized carbons (Fsp3) is 0. The monoisotopic (exact) mass is 310 g/mol. The minimum atomic E-state index is -0.388. The smallest absolute Gasteiger partial charge is 0.265 e. The Labute approximate surface area is 110 Å². The number of hydrazone groups is 1. The van der Waals surface area contributed by atoms with E-state index in [2.05, 4.69) is 36.4 Å². The standard InChI is InChI=1S/C10H7BrN4OS/c11-8-6-17-5-7(8)3-14-15-10(16)9-4-12-1-2-13-9/h1-6H,(H,15,16)/b14-3+. The normalized spacial score (nSPS) is 10.6. The van der Waals surface area contributed by atoms with Gasteiger partial charge in [0.05, 0.1) is 12.4 Å². The van der Waals surface area contributed by atoms with Crippen LogP contribution in [0.2, 0.25) is 0 Å². The number of nitrogens with one attached hydrogen (secondary N) is 1. The second-order valence-electron chi connectivity index (χ2n) is 2.96. The van der Waals surface area contributed by atoms with Gasteiger partial charge >= 0.3 is 0 Å². The van der Waals surface area contributed by atoms with Crippen LogP contribution in [0.4, 0.5) is 0 Å². The molecule has 2 aromatic heterocycles. The van der Waals surface area contributed by atoms with Crippen LogP contribution in [-0.2, 0) is 0 Å². The molecule has 2 aromatic rings. The Bertz CT molecular complexity index is 540. The first-order valence-corrected chi connectivity index (χ1v) is 6.32. The van der Waals surface area contributed by atoms with Crippen molar-refractivity contribution in [3.05, 3.63) is 45.1 Å². The molecule has 0 radical (unpaired) electrons. The van der Waals surface area contributed by atoms with Crippen LogP contribution in [0.3, 0.4) is 0 Å². The highest BCUT2D eigenvalue weighted by atomic mass is 79.9. The fourth-order valence-corrected chi connectivity index (χ4v) is 2.37. The van der Waals surface area contributed by atoms with E-state index >= 15 is 0 Å². The lowest BCUT2D eigenvalue weighted by molar-refractivity contribution is 0.0950. The number of amides is 1. The van der Waals surface area contributed by atoms with Gasteiger partial charge in [0.1, 0.15) is 5.69 Å². The molecular weight excluding hydrogens is 304 g/mol. The molecule has 0 spiro atoms. The van der Waals surface area contributed by atoms with Crippen molar-refractivity contribution in [3.63, 3.8) is 0 Å². The summed E-state index contributed by atoms with van der Waals surface area (Å²) in [6.45, 7) is 0. The van der Waals surface area contributed by atoms with Gasteiger partial charge in [-0.25, -0.2) is 10.4 Å². The van der Waals surface area contributed by atoms with Crippen LogP contribution in [-0.4, -0.2) is 22.1 Å². The number of aromatic nitrogens is 2. The molecule has 0 aliphatic rings. The van der Waals surface area contributed by atoms with Gasteiger partial charge in [-0.1, -0.05) is 0 Å². The van der Waals surface area contributed by atoms with Gasteiger partial charge in [0.25, 0.3) is 5.91 Å². The first kappa shape index (κ1) is 11.9. The van der Waals surface area contributed by atoms with Crippen molar-refractivity contribution < 1.29 is 4.79 Å². The molecular formula is C10H7BrN4OS. The largest absolute Gasteiger partial charge is 0.291 e. The van der Waals surface area contributed by atoms with E-state index in [1.807, 2.05) is 10.8 Å². The molecule has 5 nitrogen and oxygen atoms in total. The highest BCUT2D eigenvalue weighted by molar-refractivity contribution is 9.10. The molecule has 0 bridgehead atoms. The zero-order valence-corrected chi connectivity index (χ0v) is 10.9. The van der Waals surface area contributed by atoms with Crippen LogP contribution in [0.1, 0.15) is 16.1 Å². The summed E-state index contributed by atoms with van der Waals surface area (Å²) in [4.78, 5) is 19.2. The summed E-state index contributed by atoms with van der Waals surface area (Å²) in [5, 5.41) is 7.69. The Morgan fingerprint density at radius 1 is 1.47 bits per heavy atom. The maximum atomic E-state index is 11.5. The summed E-state index contributed by atoms with van der Waals surface area (Å²) in [5.74, 6) is -0.388. The Morgan fingerprint density at radius 3 is 3.00 bits per heavy atom. The Hall–Kier alpha value is -1.60. The van der Waals surface area contributed by atoms with E-state index in [9.17, 15) is 4.79 Å². The highest BCUT2D eigenvalue weighted by Gasteiger charge is 2.04. The Balaban J connectivity index is 1.97. The predicted molar refractivity (Wildman–Crippen MR) is 69.1 cm³/mol. The van der Waals surface area contributed by atoms with Crippen LogP contribution in [0.25, 0.3) is 0 Å². The second-order valence-corrected chi connectivity index (χ2v) is 4.56. The predicted octanol–water partition coefficient (Wildman–Crippen LogP) is 2.06. The van der Waals surface area contributed by atoms with Gasteiger partial charge in [0.2, 0.25) is 0 Å². The molecule has 0 atom stereocenters. The molecule has 0 aliphatic heterocycles. The van der Waals surface area contributed by atoms with E-state index < -0.39 is 0 Å². The van der Waals surface area contributed by atoms with Crippen molar-refractivity contribution >= 4 is 39.4 Å². The minimum Gasteiger partial charge on any atom is -0.265 e. The molecule has 0 unspecified atom stereocenters. The Kier molecular flexibility index (Phi) is 3.94. The SMILES string of the molecule is O=C(N/N=C/c1cscc1Br)c1cnccn1. The summed E-state index contributed by atoms with van der Waals surface area (Å²) in [7, 11) is 0. The van der Waals surface area contributed by atoms with Gasteiger partial charge in [-0.2, -0.15) is 16.4 Å². The molecule has 1 amide bonds. The van der Waals surface area contributed by atoms with E-state index in [1.165, 1.54) is 18.6 Å². The molecule has 7 heteroatoms. The van der Waals surface area contributed by atoms with E-state index in [1.54, 1.807) is 17.6 Å². The van der Waals surface area contributed by atoms with Gasteiger partial charge in [-0.05, 0) is 15.9 Å². The molecule has 0 aliphatic carbocycles. The lowest BCUT2D eigenvalue weighted by atomic mass is 10.4. The summed E-state index contributed by atoms with van der Waals surface area (Å²) in [6.07, 6.45) is 5.90. The molecule has 17 heavy (non-hydrogen) atoms. The molecule has 0 aromatic carbocycles. The minimum absolute atomic E-state index is 0.231. The summed E-state index contributed by atoms with van der Waals surface area (Å²) < 4.78 is 0.944. The number of carbonyl (C=O) groups excluding carboxylic acids is 1. The van der Waals surface area contributed by atoms with Crippen molar-refractivity contribution in [2.24, 2.45) is 5.10 Å². The molecule has 1 N–H and O–H groups in total. The van der Waals surface area contributed by atoms with Crippen LogP contribution >= 0.6 is 27.3 Å². The number of hydrogen-bond donors (Lipinski definition) is 1. The first-order valence-electron chi connectivity index (χ1n) is 4.58. The lowest BCUT2D eigenvalue weighted by Gasteiger charge is -1.96. The van der Waals surface area contributed by atoms with Crippen molar-refractivity contribution in [2.75, 3.05) is 0 Å². The highest BCUT2D eigenvalue weighted by Crippen LogP contribution is 2.18. The van der Waals surface area contributed by atoms with E-state index in [-0.39, 0.29) is 11.6 Å². The third kappa shape index (κ3) is 3.18. The number of rotatable bonds is 3. The second kappa shape index (κ2) is 5.65. The fourth-order valence-electron chi connectivity index (χ4n) is 1.02. The van der Waals surface area contributed by atoms with Crippen molar-refractivity contribution in [2.45, 2.75) is 0 Å². The van der Waals surface area contributed by atoms with Gasteiger partial charge in [-0.3, -0.25) is 9.78 Å². The number of nitrogens with zero attached hydrogens (tertiary/aromatic N) is 3. The number of carbonyl (C=O) groups is 1. The molecule has 86 valence electrons. The van der Waals surface area contributed by atoms with E-state index in [4.69, 9.17) is 0 Å². The van der Waals surface area contributed by atoms with Crippen molar-refractivity contribution in [3.8, 4) is 0 Å². The van der Waals surface area contributed by atoms with Crippen molar-refractivity contribution in [1.82, 2.24) is 15.4 Å². The van der Waals surface area contributed by atoms with E-state index in [0.29, 0.717) is 0 Å². The maximum absolute atomic E-state index is 11.5. The Morgan fingerprint density at radius 2 is 2.35 bits per heavy atom. The zero-order chi connectivity index (χ0) is 12.1. The third-order valence-electron chi connectivity index (χ3n) is 1.81. The van der Waals surface area contributed by atoms with Gasteiger partial charge in [-0.15, -0.1) is 0 Å². The van der Waals surface area contributed by atoms with Gasteiger partial charge in [0.15, 0.2) is 0 Å². The van der Waals surface area contributed by atoms with E-state index in [0.717, 1.165) is 10.0 Å². The maximum Gasteiger partial charge on any atom is 0.291 e. The molecule has 2 heterocycles. The van der Waals surface area contributed by atoms with Crippen LogP contribution in [0.5, 0.6) is 0 Å². The molecule has 0 saturated carbocycles. The summed E-state index contributed by atoms with van der Waals surface area (Å²) in [5.41, 5.74) is 3.52. The summed E-state index contributed by atoms with van der Waals surface area (Å²) in [6, 6.07) is 0. The molecule has 0 fully saturated rings. The van der Waals surface area contributed by atoms with Crippen molar-refractivity contribution in [1.29, 1.82) is 0 Å². The average molecular weight is 311 g/mol. The number of hydrogen-bond acceptors (Lipinski definition) is 5. The average Bonchev–Trinajstić information content (AvgIpc) is 2.76. The topological polar surface area (TPSA) is 67.2 Å². The van der Waals surface area contributed by atoms with Crippen LogP contribution in [0.15, 0.2) is 38.9 Å². The molecule has 2 rings (SSSR count). The summed E-state index contributed by atoms with van der Waals surface area (Å²) >= 11 is 4.91.